The molecule has 19 nitrogen and oxygen atoms in total. The van der Waals surface area contributed by atoms with Crippen molar-refractivity contribution in [3.05, 3.63) is 119 Å². The molecular formula is C76H130BrN5O14. The lowest BCUT2D eigenvalue weighted by molar-refractivity contribution is -0.159. The van der Waals surface area contributed by atoms with Gasteiger partial charge in [0.05, 0.1) is 13.1 Å². The SMILES string of the molecule is C.C.CC(C)(C)OC(=O)CBr.CCN(C(C)C)C(C)C.CCOCOc1ccccc1CN(CC(=O)OC(C)(C)C)CC(CC)N(CC(=O)OC(C)(C)C)Cc1ccccc1OCOCC.CCOCOc1ccccc1CNCC(CC)NCc1ccccc1OCOCC. The lowest BCUT2D eigenvalue weighted by Gasteiger charge is -2.35. The molecule has 0 aliphatic heterocycles. The van der Waals surface area contributed by atoms with Gasteiger partial charge in [0.15, 0.2) is 27.2 Å². The topological polar surface area (TPSA) is 187 Å². The minimum atomic E-state index is -0.628. The molecule has 0 amide bonds. The van der Waals surface area contributed by atoms with Gasteiger partial charge in [-0.1, -0.05) is 124 Å². The number of hydrogen-bond donors (Lipinski definition) is 2. The van der Waals surface area contributed by atoms with Crippen molar-refractivity contribution < 1.29 is 66.5 Å². The van der Waals surface area contributed by atoms with E-state index >= 15 is 0 Å². The highest BCUT2D eigenvalue weighted by atomic mass is 79.9. The summed E-state index contributed by atoms with van der Waals surface area (Å²) in [5.41, 5.74) is 2.47. The molecular weight excluding hydrogens is 1290 g/mol. The van der Waals surface area contributed by atoms with E-state index < -0.39 is 11.2 Å². The summed E-state index contributed by atoms with van der Waals surface area (Å²) in [6, 6.07) is 33.2. The number of halogens is 1. The molecule has 0 aromatic heterocycles. The number of rotatable bonds is 40. The van der Waals surface area contributed by atoms with Crippen LogP contribution in [-0.2, 0) is 73.7 Å². The van der Waals surface area contributed by atoms with Gasteiger partial charge in [-0.15, -0.1) is 0 Å². The van der Waals surface area contributed by atoms with Gasteiger partial charge in [-0.25, -0.2) is 0 Å². The number of hydrogen-bond acceptors (Lipinski definition) is 19. The molecule has 0 aliphatic rings. The zero-order chi connectivity index (χ0) is 70.5. The number of ether oxygens (including phenoxy) is 11. The Morgan fingerprint density at radius 3 is 1.16 bits per heavy atom. The first-order chi connectivity index (χ1) is 44.6. The van der Waals surface area contributed by atoms with Gasteiger partial charge in [0.2, 0.25) is 0 Å². The van der Waals surface area contributed by atoms with Crippen molar-refractivity contribution in [1.82, 2.24) is 25.3 Å². The van der Waals surface area contributed by atoms with Gasteiger partial charge in [-0.2, -0.15) is 0 Å². The van der Waals surface area contributed by atoms with Crippen LogP contribution in [0.4, 0.5) is 0 Å². The molecule has 2 unspecified atom stereocenters. The Bertz CT molecular complexity index is 2620. The van der Waals surface area contributed by atoms with E-state index in [1.807, 2.05) is 180 Å². The molecule has 2 N–H and O–H groups in total. The highest BCUT2D eigenvalue weighted by Crippen LogP contribution is 2.26. The van der Waals surface area contributed by atoms with Gasteiger partial charge in [0.25, 0.3) is 0 Å². The molecule has 4 aromatic carbocycles. The fourth-order valence-electron chi connectivity index (χ4n) is 9.43. The number of alkyl halides is 1. The van der Waals surface area contributed by atoms with Crippen molar-refractivity contribution in [2.75, 3.05) is 91.7 Å². The van der Waals surface area contributed by atoms with Gasteiger partial charge in [-0.05, 0) is 161 Å². The molecule has 0 spiro atoms. The van der Waals surface area contributed by atoms with E-state index in [4.69, 9.17) is 52.1 Å². The molecule has 0 saturated carbocycles. The predicted octanol–water partition coefficient (Wildman–Crippen LogP) is 15.4. The summed E-state index contributed by atoms with van der Waals surface area (Å²) in [5.74, 6) is 2.22. The van der Waals surface area contributed by atoms with Crippen LogP contribution in [0.5, 0.6) is 23.0 Å². The summed E-state index contributed by atoms with van der Waals surface area (Å²) < 4.78 is 61.1. The number of para-hydroxylation sites is 4. The van der Waals surface area contributed by atoms with Crippen molar-refractivity contribution in [2.24, 2.45) is 0 Å². The third-order valence-corrected chi connectivity index (χ3v) is 14.1. The highest BCUT2D eigenvalue weighted by molar-refractivity contribution is 9.09. The Labute approximate surface area is 590 Å². The van der Waals surface area contributed by atoms with E-state index in [0.717, 1.165) is 66.4 Å². The van der Waals surface area contributed by atoms with E-state index in [1.54, 1.807) is 0 Å². The van der Waals surface area contributed by atoms with Gasteiger partial charge >= 0.3 is 17.9 Å². The molecule has 0 bridgehead atoms. The van der Waals surface area contributed by atoms with E-state index in [9.17, 15) is 14.4 Å². The van der Waals surface area contributed by atoms with Crippen molar-refractivity contribution in [3.63, 3.8) is 0 Å². The van der Waals surface area contributed by atoms with Crippen LogP contribution in [0.15, 0.2) is 97.1 Å². The van der Waals surface area contributed by atoms with Gasteiger partial charge in [-0.3, -0.25) is 29.1 Å². The van der Waals surface area contributed by atoms with Crippen LogP contribution in [0.3, 0.4) is 0 Å². The molecule has 4 aromatic rings. The Morgan fingerprint density at radius 1 is 0.469 bits per heavy atom. The summed E-state index contributed by atoms with van der Waals surface area (Å²) in [7, 11) is 0. The second-order valence-electron chi connectivity index (χ2n) is 25.6. The van der Waals surface area contributed by atoms with Crippen molar-refractivity contribution in [3.8, 4) is 23.0 Å². The maximum absolute atomic E-state index is 13.2. The molecule has 0 heterocycles. The number of nitrogens with one attached hydrogen (secondary N) is 2. The highest BCUT2D eigenvalue weighted by Gasteiger charge is 2.29. The zero-order valence-electron chi connectivity index (χ0n) is 61.1. The third kappa shape index (κ3) is 43.8. The van der Waals surface area contributed by atoms with Gasteiger partial charge < -0.3 is 62.7 Å². The Morgan fingerprint density at radius 2 is 0.823 bits per heavy atom. The second-order valence-corrected chi connectivity index (χ2v) is 26.2. The van der Waals surface area contributed by atoms with Gasteiger partial charge in [0.1, 0.15) is 45.1 Å². The Kier molecular flexibility index (Phi) is 50.8. The first kappa shape index (κ1) is 92.7. The molecule has 0 fully saturated rings. The molecule has 0 radical (unpaired) electrons. The Hall–Kier alpha value is -5.39. The normalized spacial score (nSPS) is 12.0. The largest absolute Gasteiger partial charge is 0.467 e. The Balaban J connectivity index is 0. The van der Waals surface area contributed by atoms with E-state index in [0.29, 0.717) is 82.1 Å². The number of esters is 3. The maximum atomic E-state index is 13.2. The lowest BCUT2D eigenvalue weighted by Crippen LogP contribution is -2.47. The van der Waals surface area contributed by atoms with Crippen LogP contribution in [0.2, 0.25) is 0 Å². The fourth-order valence-corrected chi connectivity index (χ4v) is 9.55. The molecule has 2 atom stereocenters. The van der Waals surface area contributed by atoms with Crippen LogP contribution < -0.4 is 29.6 Å². The van der Waals surface area contributed by atoms with Crippen LogP contribution in [0.25, 0.3) is 0 Å². The summed E-state index contributed by atoms with van der Waals surface area (Å²) in [6.45, 7) is 48.0. The average Bonchev–Trinajstić information content (AvgIpc) is 0.897. The molecule has 96 heavy (non-hydrogen) atoms. The second kappa shape index (κ2) is 52.6. The van der Waals surface area contributed by atoms with E-state index in [2.05, 4.69) is 97.0 Å². The first-order valence-corrected chi connectivity index (χ1v) is 34.7. The number of carbonyl (C=O) groups excluding carboxylic acids is 3. The minimum absolute atomic E-state index is 0. The van der Waals surface area contributed by atoms with Crippen LogP contribution in [0.1, 0.15) is 188 Å². The maximum Gasteiger partial charge on any atom is 0.320 e. The summed E-state index contributed by atoms with van der Waals surface area (Å²) >= 11 is 2.99. The van der Waals surface area contributed by atoms with E-state index in [-0.39, 0.29) is 90.0 Å². The predicted molar refractivity (Wildman–Crippen MR) is 394 cm³/mol. The van der Waals surface area contributed by atoms with E-state index in [1.165, 1.54) is 0 Å². The summed E-state index contributed by atoms with van der Waals surface area (Å²) in [5, 5.41) is 7.43. The van der Waals surface area contributed by atoms with Crippen LogP contribution in [0, 0.1) is 0 Å². The fraction of sp³-hybridized carbons (Fsp3) is 0.645. The van der Waals surface area contributed by atoms with Crippen molar-refractivity contribution in [2.45, 2.75) is 233 Å². The number of benzene rings is 4. The minimum Gasteiger partial charge on any atom is -0.467 e. The first-order valence-electron chi connectivity index (χ1n) is 33.6. The quantitative estimate of drug-likeness (QED) is 0.0141. The lowest BCUT2D eigenvalue weighted by atomic mass is 10.1. The summed E-state index contributed by atoms with van der Waals surface area (Å²) in [6.07, 6.45) is 1.73. The van der Waals surface area contributed by atoms with Crippen molar-refractivity contribution >= 4 is 33.8 Å². The summed E-state index contributed by atoms with van der Waals surface area (Å²) in [4.78, 5) is 43.5. The third-order valence-electron chi connectivity index (χ3n) is 13.6. The van der Waals surface area contributed by atoms with Crippen LogP contribution in [-0.4, -0.2) is 165 Å². The zero-order valence-corrected chi connectivity index (χ0v) is 62.7. The number of carbonyl (C=O) groups is 3. The molecule has 550 valence electrons. The number of nitrogens with zero attached hydrogens (tertiary/aromatic N) is 3. The molecule has 4 rings (SSSR count). The smallest absolute Gasteiger partial charge is 0.320 e. The van der Waals surface area contributed by atoms with Crippen LogP contribution >= 0.6 is 15.9 Å². The molecule has 0 saturated heterocycles. The monoisotopic (exact) mass is 1420 g/mol. The standard InChI is InChI=1S/C36H56N2O8.C24H36N2O4.C8H19N.C6H11BrO2.2CH4/c1-10-30(38(25-34(40)46-36(7,8)9)22-29-18-14-16-20-32(29)44-27-42-12-3)23-37(24-33(39)45-35(4,5)6)21-28-17-13-15-19-31(28)43-26-41-11-2;1-4-22(26-16-21-12-8-10-14-24(21)30-19-28-6-3)17-25-15-20-11-7-9-13-23(20)29-18-27-5-2;1-6-9(7(2)3)8(4)5;1-6(2,3)9-5(8)4-7;;/h13-20,30H,10-12,21-27H2,1-9H3;7-14,22,25-26H,4-6,15-19H2,1-3H3;7-8H,6H2,1-5H3;4H2,1-3H3;2*1H4. The molecule has 0 aliphatic carbocycles. The van der Waals surface area contributed by atoms with Crippen molar-refractivity contribution in [1.29, 1.82) is 0 Å². The van der Waals surface area contributed by atoms with Gasteiger partial charge in [0, 0.05) is 112 Å². The average molecular weight is 1420 g/mol. The molecule has 20 heteroatoms.